The lowest BCUT2D eigenvalue weighted by molar-refractivity contribution is -0.123. The van der Waals surface area contributed by atoms with Crippen molar-refractivity contribution in [2.45, 2.75) is 25.7 Å². The van der Waals surface area contributed by atoms with Gasteiger partial charge in [0.25, 0.3) is 5.91 Å². The van der Waals surface area contributed by atoms with Crippen LogP contribution in [0, 0.1) is 0 Å². The number of hydrogen-bond acceptors (Lipinski definition) is 6. The highest BCUT2D eigenvalue weighted by Gasteiger charge is 2.23. The summed E-state index contributed by atoms with van der Waals surface area (Å²) >= 11 is 3.55. The summed E-state index contributed by atoms with van der Waals surface area (Å²) in [5.41, 5.74) is 6.87. The minimum absolute atomic E-state index is 0.0774. The first-order valence-corrected chi connectivity index (χ1v) is 14.7. The average Bonchev–Trinajstić information content (AvgIpc) is 3.46. The number of hydrogen-bond donors (Lipinski definition) is 3. The highest BCUT2D eigenvalue weighted by Crippen LogP contribution is 2.36. The van der Waals surface area contributed by atoms with Gasteiger partial charge in [0.15, 0.2) is 11.5 Å². The molecule has 0 aliphatic heterocycles. The molecule has 0 spiro atoms. The molecule has 9 nitrogen and oxygen atoms in total. The van der Waals surface area contributed by atoms with Gasteiger partial charge in [-0.3, -0.25) is 4.79 Å². The van der Waals surface area contributed by atoms with Crippen molar-refractivity contribution >= 4 is 45.0 Å². The molecule has 44 heavy (non-hydrogen) atoms. The molecule has 10 heteroatoms. The van der Waals surface area contributed by atoms with E-state index >= 15 is 0 Å². The van der Waals surface area contributed by atoms with E-state index < -0.39 is 18.0 Å². The summed E-state index contributed by atoms with van der Waals surface area (Å²) in [6, 6.07) is 29.5. The fourth-order valence-corrected chi connectivity index (χ4v) is 5.14. The molecule has 224 valence electrons. The molecule has 0 aliphatic carbocycles. The van der Waals surface area contributed by atoms with Crippen LogP contribution in [-0.2, 0) is 29.2 Å². The zero-order valence-electron chi connectivity index (χ0n) is 24.0. The van der Waals surface area contributed by atoms with Crippen molar-refractivity contribution in [3.05, 3.63) is 130 Å². The van der Waals surface area contributed by atoms with Gasteiger partial charge >= 0.3 is 6.09 Å². The molecule has 2 amide bonds. The maximum absolute atomic E-state index is 13.3. The number of alkyl carbamates (subject to hydrolysis) is 1. The summed E-state index contributed by atoms with van der Waals surface area (Å²) in [7, 11) is 1.55. The van der Waals surface area contributed by atoms with Gasteiger partial charge in [-0.25, -0.2) is 10.2 Å². The number of fused-ring (bicyclic) bond motifs is 1. The number of nitrogens with one attached hydrogen (secondary N) is 3. The molecule has 0 unspecified atom stereocenters. The quantitative estimate of drug-likeness (QED) is 0.105. The molecular formula is C34H31BrN4O5. The molecule has 4 aromatic carbocycles. The fourth-order valence-electron chi connectivity index (χ4n) is 4.57. The standard InChI is InChI=1S/C34H31BrN4O5/c1-42-31-17-25(16-28(35)32(31)43-21-23-10-4-2-5-11-23)19-37-39-33(40)30(18-26-20-36-29-15-9-8-14-27(26)29)38-34(41)44-22-24-12-6-3-7-13-24/h2-17,19-20,30,36H,18,21-22H2,1H3,(H,38,41)(H,39,40)/b37-19-/t30-/m0/s1. The van der Waals surface area contributed by atoms with Crippen molar-refractivity contribution in [1.82, 2.24) is 15.7 Å². The van der Waals surface area contributed by atoms with E-state index in [0.29, 0.717) is 28.1 Å². The van der Waals surface area contributed by atoms with Gasteiger partial charge in [0.05, 0.1) is 17.8 Å². The molecule has 1 heterocycles. The molecule has 0 bridgehead atoms. The molecule has 0 fully saturated rings. The van der Waals surface area contributed by atoms with Gasteiger partial charge in [0.1, 0.15) is 19.3 Å². The monoisotopic (exact) mass is 654 g/mol. The lowest BCUT2D eigenvalue weighted by atomic mass is 10.0. The predicted octanol–water partition coefficient (Wildman–Crippen LogP) is 6.51. The maximum Gasteiger partial charge on any atom is 0.408 e. The van der Waals surface area contributed by atoms with E-state index in [0.717, 1.165) is 27.6 Å². The summed E-state index contributed by atoms with van der Waals surface area (Å²) in [4.78, 5) is 29.2. The molecule has 0 saturated heterocycles. The number of nitrogens with zero attached hydrogens (tertiary/aromatic N) is 1. The van der Waals surface area contributed by atoms with Crippen LogP contribution in [0.2, 0.25) is 0 Å². The van der Waals surface area contributed by atoms with Gasteiger partial charge < -0.3 is 24.5 Å². The van der Waals surface area contributed by atoms with Crippen LogP contribution in [0.3, 0.4) is 0 Å². The first-order valence-electron chi connectivity index (χ1n) is 13.9. The Kier molecular flexibility index (Phi) is 10.3. The van der Waals surface area contributed by atoms with Crippen LogP contribution in [0.25, 0.3) is 10.9 Å². The highest BCUT2D eigenvalue weighted by molar-refractivity contribution is 9.10. The molecular weight excluding hydrogens is 624 g/mol. The van der Waals surface area contributed by atoms with E-state index in [9.17, 15) is 9.59 Å². The van der Waals surface area contributed by atoms with Crippen molar-refractivity contribution in [2.24, 2.45) is 5.10 Å². The van der Waals surface area contributed by atoms with Gasteiger partial charge in [-0.15, -0.1) is 0 Å². The Morgan fingerprint density at radius 3 is 2.34 bits per heavy atom. The third-order valence-corrected chi connectivity index (χ3v) is 7.38. The second-order valence-electron chi connectivity index (χ2n) is 9.86. The van der Waals surface area contributed by atoms with E-state index in [4.69, 9.17) is 14.2 Å². The van der Waals surface area contributed by atoms with E-state index in [1.165, 1.54) is 6.21 Å². The zero-order chi connectivity index (χ0) is 30.7. The minimum atomic E-state index is -0.954. The SMILES string of the molecule is COc1cc(/C=N\NC(=O)[C@H](Cc2c[nH]c3ccccc23)NC(=O)OCc2ccccc2)cc(Br)c1OCc1ccccc1. The van der Waals surface area contributed by atoms with Crippen molar-refractivity contribution in [3.8, 4) is 11.5 Å². The molecule has 5 aromatic rings. The number of methoxy groups -OCH3 is 1. The number of halogens is 1. The number of aromatic nitrogens is 1. The normalized spacial score (nSPS) is 11.7. The summed E-state index contributed by atoms with van der Waals surface area (Å²) < 4.78 is 17.6. The number of ether oxygens (including phenoxy) is 3. The van der Waals surface area contributed by atoms with Crippen LogP contribution in [0.1, 0.15) is 22.3 Å². The van der Waals surface area contributed by atoms with Crippen molar-refractivity contribution in [2.75, 3.05) is 7.11 Å². The van der Waals surface area contributed by atoms with Gasteiger partial charge in [-0.2, -0.15) is 5.10 Å². The third-order valence-electron chi connectivity index (χ3n) is 6.79. The number of amides is 2. The molecule has 1 aromatic heterocycles. The Morgan fingerprint density at radius 1 is 0.932 bits per heavy atom. The first-order chi connectivity index (χ1) is 21.5. The van der Waals surface area contributed by atoms with Crippen LogP contribution in [0.15, 0.2) is 113 Å². The maximum atomic E-state index is 13.3. The lowest BCUT2D eigenvalue weighted by Crippen LogP contribution is -2.47. The number of para-hydroxylation sites is 1. The van der Waals surface area contributed by atoms with E-state index in [1.54, 1.807) is 19.2 Å². The molecule has 0 saturated carbocycles. The van der Waals surface area contributed by atoms with Gasteiger partial charge in [-0.05, 0) is 56.4 Å². The summed E-state index contributed by atoms with van der Waals surface area (Å²) in [6.45, 7) is 0.450. The van der Waals surface area contributed by atoms with Crippen LogP contribution in [0.5, 0.6) is 11.5 Å². The molecule has 0 aliphatic rings. The minimum Gasteiger partial charge on any atom is -0.493 e. The van der Waals surface area contributed by atoms with Crippen LogP contribution in [-0.4, -0.2) is 36.4 Å². The van der Waals surface area contributed by atoms with E-state index in [1.807, 2.05) is 91.1 Å². The summed E-state index contributed by atoms with van der Waals surface area (Å²) in [5.74, 6) is 0.551. The molecule has 5 rings (SSSR count). The largest absolute Gasteiger partial charge is 0.493 e. The Hall–Kier alpha value is -5.09. The number of rotatable bonds is 12. The third kappa shape index (κ3) is 8.05. The number of benzene rings is 4. The van der Waals surface area contributed by atoms with Crippen molar-refractivity contribution < 1.29 is 23.8 Å². The van der Waals surface area contributed by atoms with E-state index in [2.05, 4.69) is 36.8 Å². The first kappa shape index (κ1) is 30.4. The average molecular weight is 656 g/mol. The number of carbonyl (C=O) groups is 2. The van der Waals surface area contributed by atoms with Crippen LogP contribution >= 0.6 is 15.9 Å². The van der Waals surface area contributed by atoms with Crippen LogP contribution < -0.4 is 20.2 Å². The topological polar surface area (TPSA) is 114 Å². The van der Waals surface area contributed by atoms with Crippen molar-refractivity contribution in [1.29, 1.82) is 0 Å². The summed E-state index contributed by atoms with van der Waals surface area (Å²) in [6.07, 6.45) is 2.83. The number of H-pyrrole nitrogens is 1. The van der Waals surface area contributed by atoms with Crippen LogP contribution in [0.4, 0.5) is 4.79 Å². The Labute approximate surface area is 263 Å². The van der Waals surface area contributed by atoms with Gasteiger partial charge in [0, 0.05) is 23.5 Å². The smallest absolute Gasteiger partial charge is 0.408 e. The Balaban J connectivity index is 1.27. The lowest BCUT2D eigenvalue weighted by Gasteiger charge is -2.17. The molecule has 0 radical (unpaired) electrons. The number of aromatic amines is 1. The second-order valence-corrected chi connectivity index (χ2v) is 10.7. The number of carbonyl (C=O) groups excluding carboxylic acids is 2. The van der Waals surface area contributed by atoms with Gasteiger partial charge in [-0.1, -0.05) is 78.9 Å². The molecule has 1 atom stereocenters. The summed E-state index contributed by atoms with van der Waals surface area (Å²) in [5, 5.41) is 7.81. The highest BCUT2D eigenvalue weighted by atomic mass is 79.9. The molecule has 3 N–H and O–H groups in total. The number of hydrazone groups is 1. The predicted molar refractivity (Wildman–Crippen MR) is 173 cm³/mol. The zero-order valence-corrected chi connectivity index (χ0v) is 25.5. The Bertz CT molecular complexity index is 1740. The van der Waals surface area contributed by atoms with Crippen molar-refractivity contribution in [3.63, 3.8) is 0 Å². The fraction of sp³-hybridized carbons (Fsp3) is 0.147. The van der Waals surface area contributed by atoms with E-state index in [-0.39, 0.29) is 13.0 Å². The second kappa shape index (κ2) is 14.9. The Morgan fingerprint density at radius 2 is 1.61 bits per heavy atom. The van der Waals surface area contributed by atoms with Gasteiger partial charge in [0.2, 0.25) is 0 Å².